The van der Waals surface area contributed by atoms with Crippen molar-refractivity contribution in [3.63, 3.8) is 0 Å². The van der Waals surface area contributed by atoms with Crippen molar-refractivity contribution in [3.8, 4) is 0 Å². The molecule has 0 aromatic heterocycles. The maximum Gasteiger partial charge on any atom is 0.160 e. The first kappa shape index (κ1) is 11.8. The third-order valence-corrected chi connectivity index (χ3v) is 3.10. The monoisotopic (exact) mass is 248 g/mol. The molecule has 1 aliphatic rings. The molecule has 0 aliphatic carbocycles. The van der Waals surface area contributed by atoms with Gasteiger partial charge in [-0.3, -0.25) is 0 Å². The molecule has 2 nitrogen and oxygen atoms in total. The van der Waals surface area contributed by atoms with Crippen molar-refractivity contribution >= 4 is 11.6 Å². The van der Waals surface area contributed by atoms with Crippen molar-refractivity contribution in [2.75, 3.05) is 13.2 Å². The zero-order valence-electron chi connectivity index (χ0n) is 8.42. The van der Waals surface area contributed by atoms with Gasteiger partial charge in [-0.05, 0) is 18.6 Å². The minimum atomic E-state index is -1.01. The molecule has 2 atom stereocenters. The first-order chi connectivity index (χ1) is 7.59. The highest BCUT2D eigenvalue weighted by Gasteiger charge is 2.27. The normalized spacial score (nSPS) is 22.4. The SMILES string of the molecule is OC(c1cc(F)c(F)cc1Cl)C1CCOC1. The van der Waals surface area contributed by atoms with Crippen LogP contribution in [0.25, 0.3) is 0 Å². The summed E-state index contributed by atoms with van der Waals surface area (Å²) in [6.07, 6.45) is -0.221. The van der Waals surface area contributed by atoms with Gasteiger partial charge in [0.05, 0.1) is 12.7 Å². The number of hydrogen-bond donors (Lipinski definition) is 1. The fraction of sp³-hybridized carbons (Fsp3) is 0.455. The number of ether oxygens (including phenoxy) is 1. The predicted molar refractivity (Wildman–Crippen MR) is 55.3 cm³/mol. The van der Waals surface area contributed by atoms with Crippen molar-refractivity contribution in [2.24, 2.45) is 5.92 Å². The van der Waals surface area contributed by atoms with Crippen LogP contribution in [0, 0.1) is 17.6 Å². The Morgan fingerprint density at radius 2 is 2.06 bits per heavy atom. The van der Waals surface area contributed by atoms with Gasteiger partial charge in [0.1, 0.15) is 0 Å². The lowest BCUT2D eigenvalue weighted by atomic mass is 9.95. The molecule has 0 radical (unpaired) electrons. The molecule has 1 heterocycles. The van der Waals surface area contributed by atoms with E-state index in [9.17, 15) is 13.9 Å². The van der Waals surface area contributed by atoms with Crippen LogP contribution in [0.4, 0.5) is 8.78 Å². The highest BCUT2D eigenvalue weighted by molar-refractivity contribution is 6.31. The minimum absolute atomic E-state index is 0.0401. The number of benzene rings is 1. The summed E-state index contributed by atoms with van der Waals surface area (Å²) in [4.78, 5) is 0. The Balaban J connectivity index is 2.28. The van der Waals surface area contributed by atoms with Crippen molar-refractivity contribution in [1.29, 1.82) is 0 Å². The maximum atomic E-state index is 13.0. The van der Waals surface area contributed by atoms with E-state index < -0.39 is 17.7 Å². The summed E-state index contributed by atoms with van der Waals surface area (Å²) >= 11 is 5.77. The number of aliphatic hydroxyl groups excluding tert-OH is 1. The van der Waals surface area contributed by atoms with Gasteiger partial charge < -0.3 is 9.84 Å². The fourth-order valence-electron chi connectivity index (χ4n) is 1.82. The number of halogens is 3. The zero-order valence-corrected chi connectivity index (χ0v) is 9.18. The minimum Gasteiger partial charge on any atom is -0.388 e. The van der Waals surface area contributed by atoms with Crippen molar-refractivity contribution in [1.82, 2.24) is 0 Å². The van der Waals surface area contributed by atoms with E-state index in [-0.39, 0.29) is 16.5 Å². The molecule has 88 valence electrons. The first-order valence-corrected chi connectivity index (χ1v) is 5.37. The zero-order chi connectivity index (χ0) is 11.7. The largest absolute Gasteiger partial charge is 0.388 e. The van der Waals surface area contributed by atoms with Crippen molar-refractivity contribution in [2.45, 2.75) is 12.5 Å². The van der Waals surface area contributed by atoms with Gasteiger partial charge in [-0.1, -0.05) is 11.6 Å². The lowest BCUT2D eigenvalue weighted by Gasteiger charge is -2.18. The van der Waals surface area contributed by atoms with E-state index in [0.717, 1.165) is 12.1 Å². The summed E-state index contributed by atoms with van der Waals surface area (Å²) in [5, 5.41) is 10.0. The van der Waals surface area contributed by atoms with E-state index in [2.05, 4.69) is 0 Å². The summed E-state index contributed by atoms with van der Waals surface area (Å²) in [5.74, 6) is -2.12. The van der Waals surface area contributed by atoms with Crippen molar-refractivity contribution < 1.29 is 18.6 Å². The Labute approximate surface area is 96.8 Å². The Hall–Kier alpha value is -0.710. The highest BCUT2D eigenvalue weighted by atomic mass is 35.5. The summed E-state index contributed by atoms with van der Waals surface area (Å²) in [7, 11) is 0. The molecule has 0 spiro atoms. The van der Waals surface area contributed by atoms with Crippen LogP contribution in [0.3, 0.4) is 0 Å². The topological polar surface area (TPSA) is 29.5 Å². The van der Waals surface area contributed by atoms with E-state index in [1.807, 2.05) is 0 Å². The Morgan fingerprint density at radius 3 is 2.69 bits per heavy atom. The first-order valence-electron chi connectivity index (χ1n) is 5.00. The molecule has 16 heavy (non-hydrogen) atoms. The third-order valence-electron chi connectivity index (χ3n) is 2.77. The number of hydrogen-bond acceptors (Lipinski definition) is 2. The molecule has 5 heteroatoms. The second-order valence-electron chi connectivity index (χ2n) is 3.86. The number of rotatable bonds is 2. The van der Waals surface area contributed by atoms with Crippen LogP contribution < -0.4 is 0 Å². The Bertz CT molecular complexity index is 392. The standard InChI is InChI=1S/C11H11ClF2O2/c12-8-4-10(14)9(13)3-7(8)11(15)6-1-2-16-5-6/h3-4,6,11,15H,1-2,5H2. The van der Waals surface area contributed by atoms with Gasteiger partial charge in [0.25, 0.3) is 0 Å². The van der Waals surface area contributed by atoms with Crippen LogP contribution in [-0.4, -0.2) is 18.3 Å². The molecule has 1 saturated heterocycles. The van der Waals surface area contributed by atoms with Crippen LogP contribution >= 0.6 is 11.6 Å². The van der Waals surface area contributed by atoms with Crippen LogP contribution in [0.5, 0.6) is 0 Å². The van der Waals surface area contributed by atoms with Gasteiger partial charge in [-0.2, -0.15) is 0 Å². The average molecular weight is 249 g/mol. The molecular formula is C11H11ClF2O2. The summed E-state index contributed by atoms with van der Waals surface area (Å²) in [6.45, 7) is 0.986. The van der Waals surface area contributed by atoms with E-state index in [1.165, 1.54) is 0 Å². The average Bonchev–Trinajstić information content (AvgIpc) is 2.75. The van der Waals surface area contributed by atoms with E-state index in [0.29, 0.717) is 19.6 Å². The van der Waals surface area contributed by atoms with E-state index in [4.69, 9.17) is 16.3 Å². The summed E-state index contributed by atoms with van der Waals surface area (Å²) in [6, 6.07) is 1.83. The molecule has 1 aromatic carbocycles. The van der Waals surface area contributed by atoms with Gasteiger partial charge >= 0.3 is 0 Å². The third kappa shape index (κ3) is 2.19. The molecule has 1 N–H and O–H groups in total. The van der Waals surface area contributed by atoms with Crippen LogP contribution in [0.1, 0.15) is 18.1 Å². The quantitative estimate of drug-likeness (QED) is 0.816. The Kier molecular flexibility index (Phi) is 3.42. The molecular weight excluding hydrogens is 238 g/mol. The van der Waals surface area contributed by atoms with E-state index >= 15 is 0 Å². The van der Waals surface area contributed by atoms with Gasteiger partial charge in [0.15, 0.2) is 11.6 Å². The molecule has 0 bridgehead atoms. The lowest BCUT2D eigenvalue weighted by molar-refractivity contribution is 0.0915. The Morgan fingerprint density at radius 1 is 1.38 bits per heavy atom. The van der Waals surface area contributed by atoms with Crippen LogP contribution in [-0.2, 0) is 4.74 Å². The maximum absolute atomic E-state index is 13.0. The molecule has 1 aromatic rings. The van der Waals surface area contributed by atoms with Gasteiger partial charge in [-0.15, -0.1) is 0 Å². The van der Waals surface area contributed by atoms with Crippen molar-refractivity contribution in [3.05, 3.63) is 34.4 Å². The molecule has 0 saturated carbocycles. The highest BCUT2D eigenvalue weighted by Crippen LogP contribution is 2.33. The molecule has 2 rings (SSSR count). The predicted octanol–water partition coefficient (Wildman–Crippen LogP) is 2.69. The smallest absolute Gasteiger partial charge is 0.160 e. The van der Waals surface area contributed by atoms with Gasteiger partial charge in [-0.25, -0.2) is 8.78 Å². The number of aliphatic hydroxyl groups is 1. The molecule has 0 amide bonds. The molecule has 1 fully saturated rings. The van der Waals surface area contributed by atoms with Crippen LogP contribution in [0.2, 0.25) is 5.02 Å². The second kappa shape index (κ2) is 4.65. The van der Waals surface area contributed by atoms with Gasteiger partial charge in [0, 0.05) is 23.1 Å². The van der Waals surface area contributed by atoms with E-state index in [1.54, 1.807) is 0 Å². The molecule has 1 aliphatic heterocycles. The second-order valence-corrected chi connectivity index (χ2v) is 4.26. The fourth-order valence-corrected chi connectivity index (χ4v) is 2.08. The summed E-state index contributed by atoms with van der Waals surface area (Å²) < 4.78 is 31.0. The van der Waals surface area contributed by atoms with Gasteiger partial charge in [0.2, 0.25) is 0 Å². The van der Waals surface area contributed by atoms with Crippen LogP contribution in [0.15, 0.2) is 12.1 Å². The summed E-state index contributed by atoms with van der Waals surface area (Å²) in [5.41, 5.74) is 0.219. The lowest BCUT2D eigenvalue weighted by Crippen LogP contribution is -2.13. The molecule has 2 unspecified atom stereocenters.